The molecule has 22 heavy (non-hydrogen) atoms. The zero-order valence-electron chi connectivity index (χ0n) is 12.3. The van der Waals surface area contributed by atoms with Crippen LogP contribution in [0.5, 0.6) is 5.75 Å². The minimum atomic E-state index is 0.184. The first-order valence-electron chi connectivity index (χ1n) is 7.04. The molecular formula is C17H18N2O3. The van der Waals surface area contributed by atoms with Crippen molar-refractivity contribution >= 4 is 0 Å². The van der Waals surface area contributed by atoms with E-state index in [2.05, 4.69) is 0 Å². The van der Waals surface area contributed by atoms with Crippen LogP contribution in [0.1, 0.15) is 17.1 Å². The molecule has 0 aliphatic carbocycles. The molecule has 0 aliphatic rings. The van der Waals surface area contributed by atoms with E-state index in [9.17, 15) is 5.11 Å². The van der Waals surface area contributed by atoms with Crippen LogP contribution in [0.15, 0.2) is 45.2 Å². The molecule has 0 spiro atoms. The molecule has 1 aromatic carbocycles. The lowest BCUT2D eigenvalue weighted by atomic mass is 10.0. The summed E-state index contributed by atoms with van der Waals surface area (Å²) < 4.78 is 11.3. The third kappa shape index (κ3) is 2.52. The highest BCUT2D eigenvalue weighted by Gasteiger charge is 2.14. The molecule has 5 heteroatoms. The molecule has 3 rings (SSSR count). The van der Waals surface area contributed by atoms with E-state index in [-0.39, 0.29) is 5.75 Å². The van der Waals surface area contributed by atoms with Crippen LogP contribution in [0.2, 0.25) is 0 Å². The SMILES string of the molecule is Cc1c(O)cc(-c2ccc(CN)o2)cc1-c1ccc(CN)o1. The standard InChI is InChI=1S/C17H18N2O3/c1-10-14(17-5-3-13(9-19)22-17)6-11(7-15(10)20)16-4-2-12(8-18)21-16/h2-7,20H,8-9,18-19H2,1H3. The first kappa shape index (κ1) is 14.4. The molecule has 0 amide bonds. The van der Waals surface area contributed by atoms with E-state index >= 15 is 0 Å². The number of hydrogen-bond donors (Lipinski definition) is 3. The minimum Gasteiger partial charge on any atom is -0.508 e. The molecule has 2 heterocycles. The maximum absolute atomic E-state index is 10.2. The summed E-state index contributed by atoms with van der Waals surface area (Å²) in [5, 5.41) is 10.2. The summed E-state index contributed by atoms with van der Waals surface area (Å²) in [5.74, 6) is 2.90. The molecule has 0 bridgehead atoms. The van der Waals surface area contributed by atoms with Gasteiger partial charge in [0.05, 0.1) is 13.1 Å². The number of benzene rings is 1. The Morgan fingerprint density at radius 3 is 2.09 bits per heavy atom. The summed E-state index contributed by atoms with van der Waals surface area (Å²) in [6, 6.07) is 10.9. The fraction of sp³-hybridized carbons (Fsp3) is 0.176. The molecule has 0 atom stereocenters. The molecule has 5 nitrogen and oxygen atoms in total. The maximum atomic E-state index is 10.2. The molecule has 0 unspecified atom stereocenters. The average molecular weight is 298 g/mol. The van der Waals surface area contributed by atoms with Crippen molar-refractivity contribution in [2.24, 2.45) is 11.5 Å². The van der Waals surface area contributed by atoms with Gasteiger partial charge in [-0.1, -0.05) is 0 Å². The quantitative estimate of drug-likeness (QED) is 0.687. The number of rotatable bonds is 4. The van der Waals surface area contributed by atoms with Gasteiger partial charge < -0.3 is 25.4 Å². The normalized spacial score (nSPS) is 11.0. The molecule has 2 aromatic heterocycles. The Morgan fingerprint density at radius 1 is 0.909 bits per heavy atom. The Bertz CT molecular complexity index is 802. The van der Waals surface area contributed by atoms with E-state index in [1.807, 2.05) is 37.3 Å². The Labute approximate surface area is 128 Å². The molecule has 0 fully saturated rings. The molecule has 5 N–H and O–H groups in total. The lowest BCUT2D eigenvalue weighted by molar-refractivity contribution is 0.469. The van der Waals surface area contributed by atoms with Crippen LogP contribution in [0, 0.1) is 6.92 Å². The number of nitrogens with two attached hydrogens (primary N) is 2. The Kier molecular flexibility index (Phi) is 3.75. The second-order valence-corrected chi connectivity index (χ2v) is 5.11. The van der Waals surface area contributed by atoms with Crippen LogP contribution in [-0.4, -0.2) is 5.11 Å². The van der Waals surface area contributed by atoms with Crippen LogP contribution >= 0.6 is 0 Å². The fourth-order valence-corrected chi connectivity index (χ4v) is 2.37. The van der Waals surface area contributed by atoms with Gasteiger partial charge in [0, 0.05) is 16.7 Å². The highest BCUT2D eigenvalue weighted by molar-refractivity contribution is 5.74. The summed E-state index contributed by atoms with van der Waals surface area (Å²) >= 11 is 0. The van der Waals surface area contributed by atoms with Crippen molar-refractivity contribution < 1.29 is 13.9 Å². The minimum absolute atomic E-state index is 0.184. The monoisotopic (exact) mass is 298 g/mol. The van der Waals surface area contributed by atoms with E-state index < -0.39 is 0 Å². The number of furan rings is 2. The van der Waals surface area contributed by atoms with E-state index in [0.29, 0.717) is 36.1 Å². The van der Waals surface area contributed by atoms with Gasteiger partial charge >= 0.3 is 0 Å². The smallest absolute Gasteiger partial charge is 0.134 e. The predicted molar refractivity (Wildman–Crippen MR) is 84.0 cm³/mol. The van der Waals surface area contributed by atoms with Crippen LogP contribution < -0.4 is 11.5 Å². The van der Waals surface area contributed by atoms with Gasteiger partial charge in [-0.2, -0.15) is 0 Å². The molecule has 0 radical (unpaired) electrons. The summed E-state index contributed by atoms with van der Waals surface area (Å²) in [6.07, 6.45) is 0. The molecule has 3 aromatic rings. The lowest BCUT2D eigenvalue weighted by Gasteiger charge is -2.08. The number of phenolic OH excluding ortho intramolecular Hbond substituents is 1. The highest BCUT2D eigenvalue weighted by Crippen LogP contribution is 2.36. The van der Waals surface area contributed by atoms with Gasteiger partial charge in [0.15, 0.2) is 0 Å². The predicted octanol–water partition coefficient (Wildman–Crippen LogP) is 3.14. The molecule has 0 saturated heterocycles. The van der Waals surface area contributed by atoms with E-state index in [0.717, 1.165) is 16.7 Å². The van der Waals surface area contributed by atoms with Crippen LogP contribution in [0.3, 0.4) is 0 Å². The topological polar surface area (TPSA) is 98.5 Å². The largest absolute Gasteiger partial charge is 0.508 e. The Morgan fingerprint density at radius 2 is 1.50 bits per heavy atom. The molecule has 114 valence electrons. The Hall–Kier alpha value is -2.50. The average Bonchev–Trinajstić information content (AvgIpc) is 3.18. The van der Waals surface area contributed by atoms with E-state index in [1.54, 1.807) is 6.07 Å². The third-order valence-electron chi connectivity index (χ3n) is 3.66. The van der Waals surface area contributed by atoms with E-state index in [4.69, 9.17) is 20.3 Å². The number of phenols is 1. The zero-order chi connectivity index (χ0) is 15.7. The summed E-state index contributed by atoms with van der Waals surface area (Å²) in [4.78, 5) is 0. The van der Waals surface area contributed by atoms with Gasteiger partial charge in [-0.15, -0.1) is 0 Å². The van der Waals surface area contributed by atoms with Gasteiger partial charge in [-0.3, -0.25) is 0 Å². The summed E-state index contributed by atoms with van der Waals surface area (Å²) in [6.45, 7) is 2.51. The van der Waals surface area contributed by atoms with Gasteiger partial charge in [-0.25, -0.2) is 0 Å². The summed E-state index contributed by atoms with van der Waals surface area (Å²) in [5.41, 5.74) is 13.5. The van der Waals surface area contributed by atoms with Crippen LogP contribution in [-0.2, 0) is 13.1 Å². The molecule has 0 saturated carbocycles. The van der Waals surface area contributed by atoms with Crippen LogP contribution in [0.25, 0.3) is 22.6 Å². The van der Waals surface area contributed by atoms with Crippen molar-refractivity contribution in [1.82, 2.24) is 0 Å². The van der Waals surface area contributed by atoms with Crippen molar-refractivity contribution in [2.75, 3.05) is 0 Å². The van der Waals surface area contributed by atoms with E-state index in [1.165, 1.54) is 0 Å². The molecular weight excluding hydrogens is 280 g/mol. The van der Waals surface area contributed by atoms with Gasteiger partial charge in [0.25, 0.3) is 0 Å². The first-order valence-corrected chi connectivity index (χ1v) is 7.04. The van der Waals surface area contributed by atoms with Crippen molar-refractivity contribution in [2.45, 2.75) is 20.0 Å². The van der Waals surface area contributed by atoms with Crippen molar-refractivity contribution in [3.63, 3.8) is 0 Å². The lowest BCUT2D eigenvalue weighted by Crippen LogP contribution is -1.93. The second kappa shape index (κ2) is 5.71. The zero-order valence-corrected chi connectivity index (χ0v) is 12.3. The summed E-state index contributed by atoms with van der Waals surface area (Å²) in [7, 11) is 0. The van der Waals surface area contributed by atoms with Gasteiger partial charge in [0.2, 0.25) is 0 Å². The van der Waals surface area contributed by atoms with Crippen molar-refractivity contribution in [3.05, 3.63) is 53.5 Å². The van der Waals surface area contributed by atoms with Crippen molar-refractivity contribution in [3.8, 4) is 28.4 Å². The van der Waals surface area contributed by atoms with Gasteiger partial charge in [0.1, 0.15) is 28.8 Å². The van der Waals surface area contributed by atoms with Crippen LogP contribution in [0.4, 0.5) is 0 Å². The highest BCUT2D eigenvalue weighted by atomic mass is 16.3. The Balaban J connectivity index is 2.10. The number of aromatic hydroxyl groups is 1. The van der Waals surface area contributed by atoms with Crippen molar-refractivity contribution in [1.29, 1.82) is 0 Å². The fourth-order valence-electron chi connectivity index (χ4n) is 2.37. The number of hydrogen-bond acceptors (Lipinski definition) is 5. The maximum Gasteiger partial charge on any atom is 0.134 e. The van der Waals surface area contributed by atoms with Gasteiger partial charge in [-0.05, 0) is 43.3 Å². The molecule has 0 aliphatic heterocycles. The second-order valence-electron chi connectivity index (χ2n) is 5.11. The first-order chi connectivity index (χ1) is 10.6. The third-order valence-corrected chi connectivity index (χ3v) is 3.66.